The van der Waals surface area contributed by atoms with Gasteiger partial charge in [0.25, 0.3) is 5.91 Å². The Kier molecular flexibility index (Phi) is 6.03. The van der Waals surface area contributed by atoms with Crippen LogP contribution in [0.1, 0.15) is 42.1 Å². The highest BCUT2D eigenvalue weighted by Crippen LogP contribution is 2.26. The summed E-state index contributed by atoms with van der Waals surface area (Å²) in [6.45, 7) is 4.41. The Hall–Kier alpha value is -1.70. The van der Waals surface area contributed by atoms with Crippen molar-refractivity contribution in [2.45, 2.75) is 44.0 Å². The zero-order chi connectivity index (χ0) is 19.6. The first-order chi connectivity index (χ1) is 12.8. The number of amides is 1. The van der Waals surface area contributed by atoms with Gasteiger partial charge >= 0.3 is 0 Å². The second-order valence-electron chi connectivity index (χ2n) is 6.90. The fourth-order valence-corrected chi connectivity index (χ4v) is 5.33. The molecule has 1 aliphatic heterocycles. The lowest BCUT2D eigenvalue weighted by molar-refractivity contribution is 0.102. The van der Waals surface area contributed by atoms with E-state index in [9.17, 15) is 13.2 Å². The van der Waals surface area contributed by atoms with Crippen LogP contribution in [0.4, 0.5) is 5.69 Å². The van der Waals surface area contributed by atoms with Crippen molar-refractivity contribution in [3.8, 4) is 0 Å². The van der Waals surface area contributed by atoms with E-state index in [1.54, 1.807) is 16.4 Å². The molecule has 0 radical (unpaired) electrons. The minimum absolute atomic E-state index is 0.00577. The molecule has 0 bridgehead atoms. The number of sulfonamides is 1. The molecular formula is C20H23BrN2O3S. The molecule has 0 spiro atoms. The number of benzene rings is 2. The van der Waals surface area contributed by atoms with Gasteiger partial charge in [-0.05, 0) is 68.7 Å². The van der Waals surface area contributed by atoms with Gasteiger partial charge in [0.1, 0.15) is 0 Å². The van der Waals surface area contributed by atoms with Crippen molar-refractivity contribution in [2.24, 2.45) is 0 Å². The standard InChI is InChI=1S/C20H23BrN2O3S/c1-14-6-9-17(21)13-19(14)22-20(24)16-7-10-18(11-8-16)27(25,26)23-12-4-3-5-15(23)2/h6-11,13,15H,3-5,12H2,1-2H3,(H,22,24). The van der Waals surface area contributed by atoms with Gasteiger partial charge < -0.3 is 5.32 Å². The molecule has 7 heteroatoms. The summed E-state index contributed by atoms with van der Waals surface area (Å²) in [4.78, 5) is 12.7. The van der Waals surface area contributed by atoms with E-state index < -0.39 is 10.0 Å². The zero-order valence-electron chi connectivity index (χ0n) is 15.4. The molecule has 3 rings (SSSR count). The maximum Gasteiger partial charge on any atom is 0.255 e. The van der Waals surface area contributed by atoms with Gasteiger partial charge in [0.15, 0.2) is 0 Å². The number of nitrogens with zero attached hydrogens (tertiary/aromatic N) is 1. The smallest absolute Gasteiger partial charge is 0.255 e. The molecule has 2 aromatic rings. The van der Waals surface area contributed by atoms with Gasteiger partial charge in [-0.2, -0.15) is 4.31 Å². The van der Waals surface area contributed by atoms with Crippen LogP contribution in [0.25, 0.3) is 0 Å². The predicted molar refractivity (Wildman–Crippen MR) is 110 cm³/mol. The van der Waals surface area contributed by atoms with E-state index in [0.29, 0.717) is 17.8 Å². The van der Waals surface area contributed by atoms with Gasteiger partial charge in [-0.1, -0.05) is 28.4 Å². The van der Waals surface area contributed by atoms with E-state index in [1.165, 1.54) is 12.1 Å². The zero-order valence-corrected chi connectivity index (χ0v) is 17.8. The summed E-state index contributed by atoms with van der Waals surface area (Å²) < 4.78 is 28.2. The van der Waals surface area contributed by atoms with Crippen molar-refractivity contribution in [1.82, 2.24) is 4.31 Å². The van der Waals surface area contributed by atoms with Crippen LogP contribution < -0.4 is 5.32 Å². The maximum absolute atomic E-state index is 12.9. The summed E-state index contributed by atoms with van der Waals surface area (Å²) in [5.41, 5.74) is 2.08. The van der Waals surface area contributed by atoms with E-state index >= 15 is 0 Å². The van der Waals surface area contributed by atoms with Crippen LogP contribution in [0, 0.1) is 6.92 Å². The number of nitrogens with one attached hydrogen (secondary N) is 1. The maximum atomic E-state index is 12.9. The quantitative estimate of drug-likeness (QED) is 0.741. The lowest BCUT2D eigenvalue weighted by Crippen LogP contribution is -2.41. The number of piperidine rings is 1. The molecule has 5 nitrogen and oxygen atoms in total. The Morgan fingerprint density at radius 3 is 2.52 bits per heavy atom. The largest absolute Gasteiger partial charge is 0.322 e. The first kappa shape index (κ1) is 20.0. The topological polar surface area (TPSA) is 66.5 Å². The van der Waals surface area contributed by atoms with Crippen molar-refractivity contribution in [2.75, 3.05) is 11.9 Å². The van der Waals surface area contributed by atoms with E-state index in [0.717, 1.165) is 29.3 Å². The average Bonchev–Trinajstić information content (AvgIpc) is 2.65. The first-order valence-electron chi connectivity index (χ1n) is 8.98. The van der Waals surface area contributed by atoms with Gasteiger partial charge in [-0.25, -0.2) is 8.42 Å². The third-order valence-corrected chi connectivity index (χ3v) is 7.43. The van der Waals surface area contributed by atoms with E-state index in [-0.39, 0.29) is 16.8 Å². The first-order valence-corrected chi connectivity index (χ1v) is 11.2. The molecule has 144 valence electrons. The number of hydrogen-bond donors (Lipinski definition) is 1. The van der Waals surface area contributed by atoms with Crippen molar-refractivity contribution in [3.05, 3.63) is 58.1 Å². The number of carbonyl (C=O) groups excluding carboxylic acids is 1. The third-order valence-electron chi connectivity index (χ3n) is 4.91. The van der Waals surface area contributed by atoms with Crippen LogP contribution in [-0.2, 0) is 10.0 Å². The third kappa shape index (κ3) is 4.42. The normalized spacial score (nSPS) is 18.3. The summed E-state index contributed by atoms with van der Waals surface area (Å²) in [7, 11) is -3.53. The van der Waals surface area contributed by atoms with Gasteiger partial charge in [0, 0.05) is 28.3 Å². The monoisotopic (exact) mass is 450 g/mol. The van der Waals surface area contributed by atoms with Crippen molar-refractivity contribution in [1.29, 1.82) is 0 Å². The van der Waals surface area contributed by atoms with E-state index in [1.807, 2.05) is 32.0 Å². The minimum atomic E-state index is -3.53. The van der Waals surface area contributed by atoms with Crippen molar-refractivity contribution < 1.29 is 13.2 Å². The highest BCUT2D eigenvalue weighted by Gasteiger charge is 2.30. The molecule has 1 heterocycles. The lowest BCUT2D eigenvalue weighted by Gasteiger charge is -2.32. The Labute approximate surface area is 169 Å². The van der Waals surface area contributed by atoms with Crippen LogP contribution in [0.3, 0.4) is 0 Å². The second kappa shape index (κ2) is 8.12. The molecule has 0 saturated carbocycles. The van der Waals surface area contributed by atoms with Gasteiger partial charge in [-0.15, -0.1) is 0 Å². The van der Waals surface area contributed by atoms with Crippen LogP contribution in [0.2, 0.25) is 0 Å². The fourth-order valence-electron chi connectivity index (χ4n) is 3.27. The Balaban J connectivity index is 1.78. The number of rotatable bonds is 4. The molecule has 1 unspecified atom stereocenters. The number of anilines is 1. The van der Waals surface area contributed by atoms with Gasteiger partial charge in [0.05, 0.1) is 4.90 Å². The van der Waals surface area contributed by atoms with Crippen LogP contribution in [-0.4, -0.2) is 31.2 Å². The molecular weight excluding hydrogens is 428 g/mol. The Morgan fingerprint density at radius 1 is 1.15 bits per heavy atom. The average molecular weight is 451 g/mol. The molecule has 1 amide bonds. The Bertz CT molecular complexity index is 942. The van der Waals surface area contributed by atoms with E-state index in [4.69, 9.17) is 0 Å². The molecule has 1 aliphatic rings. The van der Waals surface area contributed by atoms with Crippen LogP contribution in [0.15, 0.2) is 51.8 Å². The van der Waals surface area contributed by atoms with E-state index in [2.05, 4.69) is 21.2 Å². The second-order valence-corrected chi connectivity index (χ2v) is 9.70. The molecule has 1 fully saturated rings. The fraction of sp³-hybridized carbons (Fsp3) is 0.350. The van der Waals surface area contributed by atoms with Crippen LogP contribution in [0.5, 0.6) is 0 Å². The molecule has 1 N–H and O–H groups in total. The number of carbonyl (C=O) groups is 1. The Morgan fingerprint density at radius 2 is 1.85 bits per heavy atom. The molecule has 1 saturated heterocycles. The lowest BCUT2D eigenvalue weighted by atomic mass is 10.1. The van der Waals surface area contributed by atoms with Crippen molar-refractivity contribution in [3.63, 3.8) is 0 Å². The molecule has 27 heavy (non-hydrogen) atoms. The molecule has 0 aromatic heterocycles. The number of halogens is 1. The molecule has 1 atom stereocenters. The molecule has 2 aromatic carbocycles. The van der Waals surface area contributed by atoms with Gasteiger partial charge in [-0.3, -0.25) is 4.79 Å². The summed E-state index contributed by atoms with van der Waals surface area (Å²) in [5.74, 6) is -0.272. The number of hydrogen-bond acceptors (Lipinski definition) is 3. The molecule has 0 aliphatic carbocycles. The summed E-state index contributed by atoms with van der Waals surface area (Å²) in [6.07, 6.45) is 2.82. The van der Waals surface area contributed by atoms with Crippen LogP contribution >= 0.6 is 15.9 Å². The number of aryl methyl sites for hydroxylation is 1. The van der Waals surface area contributed by atoms with Crippen molar-refractivity contribution >= 4 is 37.5 Å². The summed E-state index contributed by atoms with van der Waals surface area (Å²) >= 11 is 3.39. The van der Waals surface area contributed by atoms with Gasteiger partial charge in [0.2, 0.25) is 10.0 Å². The summed E-state index contributed by atoms with van der Waals surface area (Å²) in [6, 6.07) is 11.8. The predicted octanol–water partition coefficient (Wildman–Crippen LogP) is 4.57. The highest BCUT2D eigenvalue weighted by atomic mass is 79.9. The highest BCUT2D eigenvalue weighted by molar-refractivity contribution is 9.10. The summed E-state index contributed by atoms with van der Waals surface area (Å²) in [5, 5.41) is 2.87. The SMILES string of the molecule is Cc1ccc(Br)cc1NC(=O)c1ccc(S(=O)(=O)N2CCCCC2C)cc1. The minimum Gasteiger partial charge on any atom is -0.322 e.